The van der Waals surface area contributed by atoms with Gasteiger partial charge in [0.1, 0.15) is 5.58 Å². The number of hydrogen-bond donors (Lipinski definition) is 0. The number of benzene rings is 2. The first-order valence-corrected chi connectivity index (χ1v) is 7.12. The molecular weight excluding hydrogens is 274 g/mol. The van der Waals surface area contributed by atoms with Gasteiger partial charge in [-0.2, -0.15) is 0 Å². The Morgan fingerprint density at radius 2 is 1.73 bits per heavy atom. The second kappa shape index (κ2) is 4.81. The van der Waals surface area contributed by atoms with Crippen LogP contribution in [0.15, 0.2) is 69.9 Å². The van der Waals surface area contributed by atoms with Gasteiger partial charge in [-0.25, -0.2) is 4.98 Å². The molecule has 0 radical (unpaired) electrons. The molecule has 4 aromatic rings. The van der Waals surface area contributed by atoms with Gasteiger partial charge in [0.2, 0.25) is 11.1 Å². The monoisotopic (exact) mass is 287 g/mol. The lowest BCUT2D eigenvalue weighted by molar-refractivity contribution is 0.645. The number of pyridine rings is 1. The molecule has 2 aromatic carbocycles. The number of fused-ring (bicyclic) bond motifs is 2. The van der Waals surface area contributed by atoms with Crippen LogP contribution in [0, 0.1) is 6.92 Å². The van der Waals surface area contributed by atoms with Crippen molar-refractivity contribution in [2.24, 2.45) is 0 Å². The summed E-state index contributed by atoms with van der Waals surface area (Å²) in [7, 11) is 0. The summed E-state index contributed by atoms with van der Waals surface area (Å²) in [5.41, 5.74) is 3.74. The largest absolute Gasteiger partial charge is 0.437 e. The van der Waals surface area contributed by atoms with Gasteiger partial charge in [0.25, 0.3) is 0 Å². The fraction of sp³-hybridized carbons (Fsp3) is 0.0526. The minimum atomic E-state index is -0.0351. The van der Waals surface area contributed by atoms with E-state index in [0.29, 0.717) is 22.1 Å². The zero-order valence-electron chi connectivity index (χ0n) is 12.0. The van der Waals surface area contributed by atoms with Crippen molar-refractivity contribution in [2.75, 3.05) is 0 Å². The van der Waals surface area contributed by atoms with Crippen molar-refractivity contribution in [3.63, 3.8) is 0 Å². The smallest absolute Gasteiger partial charge is 0.231 e. The molecule has 0 bridgehead atoms. The van der Waals surface area contributed by atoms with Crippen LogP contribution in [0.2, 0.25) is 0 Å². The maximum atomic E-state index is 12.6. The molecule has 0 amide bonds. The molecule has 2 aromatic heterocycles. The lowest BCUT2D eigenvalue weighted by Crippen LogP contribution is -2.03. The van der Waals surface area contributed by atoms with E-state index in [1.807, 2.05) is 61.5 Å². The molecule has 0 aliphatic rings. The van der Waals surface area contributed by atoms with Crippen molar-refractivity contribution in [3.05, 3.63) is 76.5 Å². The van der Waals surface area contributed by atoms with Crippen LogP contribution in [-0.2, 0) is 0 Å². The van der Waals surface area contributed by atoms with E-state index >= 15 is 0 Å². The van der Waals surface area contributed by atoms with Crippen LogP contribution < -0.4 is 5.43 Å². The van der Waals surface area contributed by atoms with Crippen LogP contribution in [0.3, 0.4) is 0 Å². The van der Waals surface area contributed by atoms with E-state index in [9.17, 15) is 4.79 Å². The van der Waals surface area contributed by atoms with Gasteiger partial charge in [-0.3, -0.25) is 4.79 Å². The average Bonchev–Trinajstić information content (AvgIpc) is 2.56. The zero-order chi connectivity index (χ0) is 15.1. The quantitative estimate of drug-likeness (QED) is 0.490. The molecule has 3 nitrogen and oxygen atoms in total. The van der Waals surface area contributed by atoms with E-state index in [0.717, 1.165) is 16.8 Å². The Hall–Kier alpha value is -2.94. The van der Waals surface area contributed by atoms with Crippen LogP contribution in [0.25, 0.3) is 33.3 Å². The number of aryl methyl sites for hydroxylation is 1. The Bertz CT molecular complexity index is 1050. The van der Waals surface area contributed by atoms with Gasteiger partial charge in [-0.15, -0.1) is 0 Å². The molecule has 0 saturated heterocycles. The minimum absolute atomic E-state index is 0.0351. The summed E-state index contributed by atoms with van der Waals surface area (Å²) in [6, 6.07) is 19.1. The highest BCUT2D eigenvalue weighted by molar-refractivity contribution is 5.89. The number of hydrogen-bond acceptors (Lipinski definition) is 3. The first-order valence-electron chi connectivity index (χ1n) is 7.12. The standard InChI is InChI=1S/C19H13NO2/c1-12-7-10-17-15(11-12)18(21)14-8-9-16(20-19(14)22-17)13-5-3-2-4-6-13/h2-11H,1H3. The van der Waals surface area contributed by atoms with E-state index in [1.165, 1.54) is 0 Å². The summed E-state index contributed by atoms with van der Waals surface area (Å²) in [5.74, 6) is 0. The summed E-state index contributed by atoms with van der Waals surface area (Å²) >= 11 is 0. The third kappa shape index (κ3) is 1.99. The number of rotatable bonds is 1. The molecular formula is C19H13NO2. The summed E-state index contributed by atoms with van der Waals surface area (Å²) < 4.78 is 5.83. The molecule has 0 spiro atoms. The summed E-state index contributed by atoms with van der Waals surface area (Å²) in [6.45, 7) is 1.96. The Labute approximate surface area is 126 Å². The third-order valence-electron chi connectivity index (χ3n) is 3.76. The Kier molecular flexibility index (Phi) is 2.79. The van der Waals surface area contributed by atoms with Crippen LogP contribution in [0.1, 0.15) is 5.56 Å². The lowest BCUT2D eigenvalue weighted by Gasteiger charge is -2.04. The molecule has 0 N–H and O–H groups in total. The Balaban J connectivity index is 2.03. The van der Waals surface area contributed by atoms with Gasteiger partial charge < -0.3 is 4.42 Å². The van der Waals surface area contributed by atoms with Crippen molar-refractivity contribution in [2.45, 2.75) is 6.92 Å². The van der Waals surface area contributed by atoms with Gasteiger partial charge in [0.05, 0.1) is 16.5 Å². The van der Waals surface area contributed by atoms with Gasteiger partial charge >= 0.3 is 0 Å². The van der Waals surface area contributed by atoms with Crippen molar-refractivity contribution >= 4 is 22.1 Å². The normalized spacial score (nSPS) is 11.1. The van der Waals surface area contributed by atoms with Crippen LogP contribution in [0.5, 0.6) is 0 Å². The second-order valence-electron chi connectivity index (χ2n) is 5.35. The zero-order valence-corrected chi connectivity index (χ0v) is 12.0. The molecule has 0 unspecified atom stereocenters. The predicted octanol–water partition coefficient (Wildman–Crippen LogP) is 4.32. The molecule has 3 heteroatoms. The fourth-order valence-corrected chi connectivity index (χ4v) is 2.62. The first kappa shape index (κ1) is 12.8. The molecule has 0 saturated carbocycles. The molecule has 0 aliphatic carbocycles. The van der Waals surface area contributed by atoms with Crippen LogP contribution in [0.4, 0.5) is 0 Å². The van der Waals surface area contributed by atoms with Crippen molar-refractivity contribution < 1.29 is 4.42 Å². The molecule has 0 atom stereocenters. The van der Waals surface area contributed by atoms with Gasteiger partial charge in [0.15, 0.2) is 0 Å². The van der Waals surface area contributed by atoms with Gasteiger partial charge in [-0.05, 0) is 31.2 Å². The van der Waals surface area contributed by atoms with E-state index < -0.39 is 0 Å². The van der Waals surface area contributed by atoms with E-state index in [2.05, 4.69) is 4.98 Å². The first-order chi connectivity index (χ1) is 10.7. The van der Waals surface area contributed by atoms with Gasteiger partial charge in [-0.1, -0.05) is 42.0 Å². The fourth-order valence-electron chi connectivity index (χ4n) is 2.62. The SMILES string of the molecule is Cc1ccc2oc3nc(-c4ccccc4)ccc3c(=O)c2c1. The molecule has 0 aliphatic heterocycles. The summed E-state index contributed by atoms with van der Waals surface area (Å²) in [4.78, 5) is 17.1. The predicted molar refractivity (Wildman–Crippen MR) is 88.0 cm³/mol. The van der Waals surface area contributed by atoms with Crippen molar-refractivity contribution in [1.29, 1.82) is 0 Å². The van der Waals surface area contributed by atoms with Crippen LogP contribution in [-0.4, -0.2) is 4.98 Å². The van der Waals surface area contributed by atoms with Gasteiger partial charge in [0, 0.05) is 5.56 Å². The summed E-state index contributed by atoms with van der Waals surface area (Å²) in [6.07, 6.45) is 0. The van der Waals surface area contributed by atoms with Crippen LogP contribution >= 0.6 is 0 Å². The minimum Gasteiger partial charge on any atom is -0.437 e. The average molecular weight is 287 g/mol. The van der Waals surface area contributed by atoms with Crippen molar-refractivity contribution in [1.82, 2.24) is 4.98 Å². The Morgan fingerprint density at radius 3 is 2.55 bits per heavy atom. The van der Waals surface area contributed by atoms with E-state index in [1.54, 1.807) is 6.07 Å². The highest BCUT2D eigenvalue weighted by Gasteiger charge is 2.10. The van der Waals surface area contributed by atoms with Crippen molar-refractivity contribution in [3.8, 4) is 11.3 Å². The molecule has 22 heavy (non-hydrogen) atoms. The molecule has 106 valence electrons. The highest BCUT2D eigenvalue weighted by Crippen LogP contribution is 2.22. The highest BCUT2D eigenvalue weighted by atomic mass is 16.3. The van der Waals surface area contributed by atoms with E-state index in [-0.39, 0.29) is 5.43 Å². The lowest BCUT2D eigenvalue weighted by atomic mass is 10.1. The topological polar surface area (TPSA) is 43.1 Å². The van der Waals surface area contributed by atoms with E-state index in [4.69, 9.17) is 4.42 Å². The second-order valence-corrected chi connectivity index (χ2v) is 5.35. The third-order valence-corrected chi connectivity index (χ3v) is 3.76. The summed E-state index contributed by atoms with van der Waals surface area (Å²) in [5, 5.41) is 1.11. The molecule has 0 fully saturated rings. The maximum Gasteiger partial charge on any atom is 0.231 e. The maximum absolute atomic E-state index is 12.6. The molecule has 4 rings (SSSR count). The number of nitrogens with zero attached hydrogens (tertiary/aromatic N) is 1. The Morgan fingerprint density at radius 1 is 0.909 bits per heavy atom. The number of aromatic nitrogens is 1. The molecule has 2 heterocycles.